The molecule has 1 amide bonds. The summed E-state index contributed by atoms with van der Waals surface area (Å²) in [6.07, 6.45) is 5.47. The second kappa shape index (κ2) is 9.66. The number of pyridine rings is 1. The zero-order valence-electron chi connectivity index (χ0n) is 15.2. The molecule has 0 bridgehead atoms. The van der Waals surface area contributed by atoms with E-state index in [1.807, 2.05) is 18.2 Å². The highest BCUT2D eigenvalue weighted by molar-refractivity contribution is 5.86. The Morgan fingerprint density at radius 3 is 2.30 bits per heavy atom. The zero-order valence-corrected chi connectivity index (χ0v) is 15.2. The summed E-state index contributed by atoms with van der Waals surface area (Å²) in [7, 11) is 0. The lowest BCUT2D eigenvalue weighted by Gasteiger charge is -2.34. The fourth-order valence-electron chi connectivity index (χ4n) is 3.34. The molecule has 23 heavy (non-hydrogen) atoms. The summed E-state index contributed by atoms with van der Waals surface area (Å²) in [5, 5.41) is 0. The third-order valence-electron chi connectivity index (χ3n) is 4.32. The fourth-order valence-corrected chi connectivity index (χ4v) is 3.34. The molecule has 0 aliphatic carbocycles. The predicted molar refractivity (Wildman–Crippen MR) is 96.2 cm³/mol. The molecule has 0 radical (unpaired) electrons. The third-order valence-corrected chi connectivity index (χ3v) is 4.32. The van der Waals surface area contributed by atoms with Gasteiger partial charge in [-0.1, -0.05) is 33.8 Å². The minimum atomic E-state index is -0.671. The molecule has 1 rings (SSSR count). The van der Waals surface area contributed by atoms with Crippen LogP contribution in [0.15, 0.2) is 24.4 Å². The van der Waals surface area contributed by atoms with Crippen molar-refractivity contribution in [2.45, 2.75) is 58.8 Å². The van der Waals surface area contributed by atoms with Gasteiger partial charge in [0.2, 0.25) is 5.91 Å². The lowest BCUT2D eigenvalue weighted by Crippen LogP contribution is -2.45. The van der Waals surface area contributed by atoms with Crippen molar-refractivity contribution in [2.24, 2.45) is 11.7 Å². The minimum absolute atomic E-state index is 0.252. The number of primary amides is 1. The van der Waals surface area contributed by atoms with E-state index >= 15 is 0 Å². The summed E-state index contributed by atoms with van der Waals surface area (Å²) < 4.78 is 0. The Morgan fingerprint density at radius 2 is 1.87 bits per heavy atom. The van der Waals surface area contributed by atoms with Crippen molar-refractivity contribution < 1.29 is 4.79 Å². The number of carbonyl (C=O) groups excluding carboxylic acids is 1. The molecule has 0 saturated carbocycles. The quantitative estimate of drug-likeness (QED) is 0.680. The number of rotatable bonds is 11. The molecule has 1 aromatic rings. The monoisotopic (exact) mass is 319 g/mol. The Kier molecular flexibility index (Phi) is 8.24. The number of nitrogens with zero attached hydrogens (tertiary/aromatic N) is 2. The average Bonchev–Trinajstić information content (AvgIpc) is 2.52. The zero-order chi connectivity index (χ0) is 17.3. The number of nitrogens with two attached hydrogens (primary N) is 1. The van der Waals surface area contributed by atoms with Crippen LogP contribution in [0.25, 0.3) is 0 Å². The van der Waals surface area contributed by atoms with Gasteiger partial charge in [0.1, 0.15) is 0 Å². The summed E-state index contributed by atoms with van der Waals surface area (Å²) in [6.45, 7) is 11.7. The molecular weight excluding hydrogens is 286 g/mol. The van der Waals surface area contributed by atoms with Crippen LogP contribution < -0.4 is 5.73 Å². The molecule has 0 aromatic carbocycles. The molecule has 0 spiro atoms. The largest absolute Gasteiger partial charge is 0.369 e. The van der Waals surface area contributed by atoms with Crippen LogP contribution in [0.5, 0.6) is 0 Å². The summed E-state index contributed by atoms with van der Waals surface area (Å²) >= 11 is 0. The SMILES string of the molecule is CCCN(CCC)CCC(CC(C)C)(C(N)=O)c1ccccn1. The first-order valence-electron chi connectivity index (χ1n) is 8.90. The molecule has 4 nitrogen and oxygen atoms in total. The maximum atomic E-state index is 12.4. The average molecular weight is 319 g/mol. The summed E-state index contributed by atoms with van der Waals surface area (Å²) in [4.78, 5) is 19.4. The molecular formula is C19H33N3O. The van der Waals surface area contributed by atoms with Crippen LogP contribution in [-0.2, 0) is 10.2 Å². The highest BCUT2D eigenvalue weighted by atomic mass is 16.1. The summed E-state index contributed by atoms with van der Waals surface area (Å²) in [5.74, 6) is 0.133. The smallest absolute Gasteiger partial charge is 0.229 e. The van der Waals surface area contributed by atoms with Gasteiger partial charge in [-0.3, -0.25) is 9.78 Å². The molecule has 2 N–H and O–H groups in total. The molecule has 1 unspecified atom stereocenters. The molecule has 1 aromatic heterocycles. The maximum absolute atomic E-state index is 12.4. The first-order chi connectivity index (χ1) is 11.0. The van der Waals surface area contributed by atoms with Crippen molar-refractivity contribution in [2.75, 3.05) is 19.6 Å². The molecule has 1 atom stereocenters. The van der Waals surface area contributed by atoms with Crippen molar-refractivity contribution in [1.82, 2.24) is 9.88 Å². The summed E-state index contributed by atoms with van der Waals surface area (Å²) in [5.41, 5.74) is 6.03. The van der Waals surface area contributed by atoms with Crippen molar-refractivity contribution in [1.29, 1.82) is 0 Å². The van der Waals surface area contributed by atoms with Gasteiger partial charge in [0.25, 0.3) is 0 Å². The number of hydrogen-bond acceptors (Lipinski definition) is 3. The van der Waals surface area contributed by atoms with E-state index in [0.717, 1.165) is 51.0 Å². The topological polar surface area (TPSA) is 59.2 Å². The van der Waals surface area contributed by atoms with Gasteiger partial charge in [-0.2, -0.15) is 0 Å². The Balaban J connectivity index is 3.05. The highest BCUT2D eigenvalue weighted by Gasteiger charge is 2.40. The number of aromatic nitrogens is 1. The molecule has 130 valence electrons. The highest BCUT2D eigenvalue weighted by Crippen LogP contribution is 2.34. The summed E-state index contributed by atoms with van der Waals surface area (Å²) in [6, 6.07) is 5.76. The Morgan fingerprint density at radius 1 is 1.22 bits per heavy atom. The minimum Gasteiger partial charge on any atom is -0.369 e. The molecule has 4 heteroatoms. The Hall–Kier alpha value is -1.42. The molecule has 0 aliphatic heterocycles. The van der Waals surface area contributed by atoms with Gasteiger partial charge in [0, 0.05) is 6.20 Å². The normalized spacial score (nSPS) is 14.2. The van der Waals surface area contributed by atoms with Crippen molar-refractivity contribution >= 4 is 5.91 Å². The molecule has 0 aliphatic rings. The maximum Gasteiger partial charge on any atom is 0.229 e. The van der Waals surface area contributed by atoms with Crippen LogP contribution in [0.2, 0.25) is 0 Å². The molecule has 1 heterocycles. The fraction of sp³-hybridized carbons (Fsp3) is 0.684. The van der Waals surface area contributed by atoms with E-state index < -0.39 is 5.41 Å². The van der Waals surface area contributed by atoms with E-state index in [-0.39, 0.29) is 5.91 Å². The van der Waals surface area contributed by atoms with Gasteiger partial charge in [0.05, 0.1) is 11.1 Å². The predicted octanol–water partition coefficient (Wildman–Crippen LogP) is 3.36. The van der Waals surface area contributed by atoms with Crippen LogP contribution in [0.1, 0.15) is 59.1 Å². The van der Waals surface area contributed by atoms with E-state index in [0.29, 0.717) is 5.92 Å². The first kappa shape index (κ1) is 19.6. The Labute approximate surface area is 141 Å². The van der Waals surface area contributed by atoms with Crippen LogP contribution >= 0.6 is 0 Å². The van der Waals surface area contributed by atoms with E-state index in [1.54, 1.807) is 6.20 Å². The van der Waals surface area contributed by atoms with E-state index in [1.165, 1.54) is 0 Å². The molecule has 0 fully saturated rings. The second-order valence-corrected chi connectivity index (χ2v) is 6.85. The van der Waals surface area contributed by atoms with Gasteiger partial charge < -0.3 is 10.6 Å². The lowest BCUT2D eigenvalue weighted by atomic mass is 9.73. The lowest BCUT2D eigenvalue weighted by molar-refractivity contribution is -0.124. The van der Waals surface area contributed by atoms with Crippen LogP contribution in [-0.4, -0.2) is 35.4 Å². The van der Waals surface area contributed by atoms with Crippen molar-refractivity contribution in [3.8, 4) is 0 Å². The van der Waals surface area contributed by atoms with E-state index in [4.69, 9.17) is 5.73 Å². The second-order valence-electron chi connectivity index (χ2n) is 6.85. The van der Waals surface area contributed by atoms with Crippen LogP contribution in [0.4, 0.5) is 0 Å². The van der Waals surface area contributed by atoms with Crippen LogP contribution in [0, 0.1) is 5.92 Å². The Bertz CT molecular complexity index is 455. The van der Waals surface area contributed by atoms with Gasteiger partial charge in [-0.25, -0.2) is 0 Å². The van der Waals surface area contributed by atoms with Gasteiger partial charge in [0.15, 0.2) is 0 Å². The number of amides is 1. The first-order valence-corrected chi connectivity index (χ1v) is 8.90. The van der Waals surface area contributed by atoms with E-state index in [2.05, 4.69) is 37.6 Å². The standard InChI is InChI=1S/C19H33N3O/c1-5-12-22(13-6-2)14-10-19(18(20)23,15-16(3)4)17-9-7-8-11-21-17/h7-9,11,16H,5-6,10,12-15H2,1-4H3,(H2,20,23). The van der Waals surface area contributed by atoms with Crippen molar-refractivity contribution in [3.63, 3.8) is 0 Å². The number of carbonyl (C=O) groups is 1. The van der Waals surface area contributed by atoms with Crippen LogP contribution in [0.3, 0.4) is 0 Å². The van der Waals surface area contributed by atoms with Gasteiger partial charge in [-0.05, 0) is 63.4 Å². The van der Waals surface area contributed by atoms with E-state index in [9.17, 15) is 4.79 Å². The number of hydrogen-bond donors (Lipinski definition) is 1. The van der Waals surface area contributed by atoms with Gasteiger partial charge in [-0.15, -0.1) is 0 Å². The third kappa shape index (κ3) is 5.61. The van der Waals surface area contributed by atoms with Crippen molar-refractivity contribution in [3.05, 3.63) is 30.1 Å². The van der Waals surface area contributed by atoms with Gasteiger partial charge >= 0.3 is 0 Å². The molecule has 0 saturated heterocycles.